The Morgan fingerprint density at radius 1 is 1.30 bits per heavy atom. The van der Waals surface area contributed by atoms with Crippen LogP contribution in [-0.2, 0) is 14.3 Å². The molecule has 0 bridgehead atoms. The fourth-order valence-electron chi connectivity index (χ4n) is 4.31. The number of ether oxygens (including phenoxy) is 3. The van der Waals surface area contributed by atoms with Crippen molar-refractivity contribution in [1.82, 2.24) is 10.2 Å². The molecule has 3 aliphatic rings. The van der Waals surface area contributed by atoms with Crippen LogP contribution in [0.25, 0.3) is 0 Å². The Bertz CT molecular complexity index is 825. The second kappa shape index (κ2) is 8.63. The first-order valence-electron chi connectivity index (χ1n) is 10.6. The zero-order valence-corrected chi connectivity index (χ0v) is 17.3. The highest BCUT2D eigenvalue weighted by Crippen LogP contribution is 2.40. The van der Waals surface area contributed by atoms with Crippen LogP contribution in [0.15, 0.2) is 18.2 Å². The fraction of sp³-hybridized carbons (Fsp3) is 0.591. The number of hydrogen-bond donors (Lipinski definition) is 1. The number of benzene rings is 1. The van der Waals surface area contributed by atoms with Crippen molar-refractivity contribution in [2.24, 2.45) is 0 Å². The van der Waals surface area contributed by atoms with Gasteiger partial charge in [-0.1, -0.05) is 0 Å². The fourth-order valence-corrected chi connectivity index (χ4v) is 4.31. The number of carbonyl (C=O) groups is 3. The Morgan fingerprint density at radius 3 is 2.80 bits per heavy atom. The lowest BCUT2D eigenvalue weighted by Gasteiger charge is -2.43. The summed E-state index contributed by atoms with van der Waals surface area (Å²) < 4.78 is 17.4. The van der Waals surface area contributed by atoms with Crippen LogP contribution in [-0.4, -0.2) is 67.1 Å². The first-order valence-corrected chi connectivity index (χ1v) is 10.6. The number of nitrogens with zero attached hydrogens (tertiary/aromatic N) is 1. The number of piperidine rings is 1. The monoisotopic (exact) mass is 416 g/mol. The number of hydrogen-bond acceptors (Lipinski definition) is 6. The molecule has 0 unspecified atom stereocenters. The largest absolute Gasteiger partial charge is 0.486 e. The van der Waals surface area contributed by atoms with E-state index < -0.39 is 5.60 Å². The highest BCUT2D eigenvalue weighted by Gasteiger charge is 2.43. The van der Waals surface area contributed by atoms with Crippen molar-refractivity contribution < 1.29 is 28.6 Å². The lowest BCUT2D eigenvalue weighted by atomic mass is 9.82. The predicted octanol–water partition coefficient (Wildman–Crippen LogP) is 1.71. The number of carbonyl (C=O) groups excluding carboxylic acids is 3. The second-order valence-electron chi connectivity index (χ2n) is 8.28. The van der Waals surface area contributed by atoms with Crippen LogP contribution in [0.2, 0.25) is 0 Å². The van der Waals surface area contributed by atoms with E-state index in [1.54, 1.807) is 30.0 Å². The average Bonchev–Trinajstić information content (AvgIpc) is 3.24. The Morgan fingerprint density at radius 2 is 2.10 bits per heavy atom. The van der Waals surface area contributed by atoms with E-state index in [1.165, 1.54) is 0 Å². The molecule has 1 atom stereocenters. The maximum atomic E-state index is 12.7. The number of Topliss-reactive ketones (excluding diaryl/α,β-unsaturated/α-hetero) is 1. The Kier molecular flexibility index (Phi) is 5.94. The number of fused-ring (bicyclic) bond motifs is 1. The van der Waals surface area contributed by atoms with Crippen molar-refractivity contribution in [3.05, 3.63) is 23.8 Å². The van der Waals surface area contributed by atoms with E-state index in [1.807, 2.05) is 0 Å². The summed E-state index contributed by atoms with van der Waals surface area (Å²) >= 11 is 0. The van der Waals surface area contributed by atoms with E-state index in [4.69, 9.17) is 14.2 Å². The topological polar surface area (TPSA) is 94.2 Å². The molecule has 0 aliphatic carbocycles. The van der Waals surface area contributed by atoms with E-state index in [-0.39, 0.29) is 30.3 Å². The molecule has 3 heterocycles. The lowest BCUT2D eigenvalue weighted by Crippen LogP contribution is -2.51. The molecule has 8 heteroatoms. The van der Waals surface area contributed by atoms with Crippen molar-refractivity contribution in [3.63, 3.8) is 0 Å². The van der Waals surface area contributed by atoms with Gasteiger partial charge in [0.05, 0.1) is 18.1 Å². The van der Waals surface area contributed by atoms with Gasteiger partial charge in [0, 0.05) is 52.1 Å². The number of nitrogens with one attached hydrogen (secondary N) is 1. The standard InChI is InChI=1S/C22H28N2O6/c1-15(25)24-8-6-22(7-9-24)12-19(26)18-5-4-16(11-20(18)30-22)29-14-21(27)23-13-17-3-2-10-28-17/h4-5,11,17H,2-3,6-10,12-14H2,1H3,(H,23,27)/t17-/m0/s1. The summed E-state index contributed by atoms with van der Waals surface area (Å²) in [5.41, 5.74) is -0.0438. The average molecular weight is 416 g/mol. The van der Waals surface area contributed by atoms with Crippen LogP contribution in [0.3, 0.4) is 0 Å². The van der Waals surface area contributed by atoms with Crippen LogP contribution < -0.4 is 14.8 Å². The van der Waals surface area contributed by atoms with Crippen LogP contribution in [0.1, 0.15) is 49.4 Å². The van der Waals surface area contributed by atoms with Crippen LogP contribution in [0.5, 0.6) is 11.5 Å². The van der Waals surface area contributed by atoms with Gasteiger partial charge in [-0.2, -0.15) is 0 Å². The highest BCUT2D eigenvalue weighted by atomic mass is 16.5. The summed E-state index contributed by atoms with van der Waals surface area (Å²) in [5.74, 6) is 0.828. The molecule has 1 spiro atoms. The SMILES string of the molecule is CC(=O)N1CCC2(CC1)CC(=O)c1ccc(OCC(=O)NC[C@@H]3CCCO3)cc1O2. The van der Waals surface area contributed by atoms with Crippen molar-refractivity contribution in [2.75, 3.05) is 32.8 Å². The minimum Gasteiger partial charge on any atom is -0.486 e. The smallest absolute Gasteiger partial charge is 0.258 e. The summed E-state index contributed by atoms with van der Waals surface area (Å²) in [7, 11) is 0. The molecule has 30 heavy (non-hydrogen) atoms. The summed E-state index contributed by atoms with van der Waals surface area (Å²) in [6.07, 6.45) is 3.63. The third-order valence-electron chi connectivity index (χ3n) is 6.10. The molecule has 1 N–H and O–H groups in total. The number of likely N-dealkylation sites (tertiary alicyclic amines) is 1. The van der Waals surface area contributed by atoms with E-state index >= 15 is 0 Å². The van der Waals surface area contributed by atoms with Crippen molar-refractivity contribution in [3.8, 4) is 11.5 Å². The summed E-state index contributed by atoms with van der Waals surface area (Å²) in [6.45, 7) is 3.85. The van der Waals surface area contributed by atoms with E-state index in [9.17, 15) is 14.4 Å². The molecule has 1 aromatic rings. The number of ketones is 1. The Hall–Kier alpha value is -2.61. The van der Waals surface area contributed by atoms with Gasteiger partial charge in [-0.3, -0.25) is 14.4 Å². The Balaban J connectivity index is 1.35. The molecule has 4 rings (SSSR count). The molecule has 3 aliphatic heterocycles. The molecule has 1 aromatic carbocycles. The van der Waals surface area contributed by atoms with Crippen molar-refractivity contribution >= 4 is 17.6 Å². The van der Waals surface area contributed by atoms with E-state index in [2.05, 4.69) is 5.32 Å². The second-order valence-corrected chi connectivity index (χ2v) is 8.28. The van der Waals surface area contributed by atoms with Gasteiger partial charge in [0.1, 0.15) is 17.1 Å². The molecule has 8 nitrogen and oxygen atoms in total. The van der Waals surface area contributed by atoms with Gasteiger partial charge in [0.2, 0.25) is 5.91 Å². The zero-order valence-electron chi connectivity index (χ0n) is 17.3. The molecule has 0 saturated carbocycles. The molecule has 0 radical (unpaired) electrons. The van der Waals surface area contributed by atoms with Crippen LogP contribution in [0.4, 0.5) is 0 Å². The van der Waals surface area contributed by atoms with E-state index in [0.29, 0.717) is 56.0 Å². The number of rotatable bonds is 5. The molecule has 162 valence electrons. The lowest BCUT2D eigenvalue weighted by molar-refractivity contribution is -0.132. The maximum Gasteiger partial charge on any atom is 0.258 e. The third-order valence-corrected chi connectivity index (χ3v) is 6.10. The molecule has 2 saturated heterocycles. The van der Waals surface area contributed by atoms with E-state index in [0.717, 1.165) is 19.4 Å². The molecule has 2 fully saturated rings. The van der Waals surface area contributed by atoms with Gasteiger partial charge >= 0.3 is 0 Å². The number of amides is 2. The highest BCUT2D eigenvalue weighted by molar-refractivity contribution is 6.00. The van der Waals surface area contributed by atoms with Crippen molar-refractivity contribution in [2.45, 2.75) is 50.7 Å². The summed E-state index contributed by atoms with van der Waals surface area (Å²) in [6, 6.07) is 5.05. The minimum atomic E-state index is -0.576. The molecule has 2 amide bonds. The summed E-state index contributed by atoms with van der Waals surface area (Å²) in [5, 5.41) is 2.82. The van der Waals surface area contributed by atoms with Crippen LogP contribution in [0, 0.1) is 0 Å². The third kappa shape index (κ3) is 4.59. The first-order chi connectivity index (χ1) is 14.4. The zero-order chi connectivity index (χ0) is 21.1. The predicted molar refractivity (Wildman–Crippen MR) is 108 cm³/mol. The van der Waals surface area contributed by atoms with Crippen LogP contribution >= 0.6 is 0 Å². The maximum absolute atomic E-state index is 12.7. The Labute approximate surface area is 175 Å². The first kappa shape index (κ1) is 20.7. The van der Waals surface area contributed by atoms with Gasteiger partial charge in [-0.05, 0) is 25.0 Å². The van der Waals surface area contributed by atoms with Gasteiger partial charge in [-0.15, -0.1) is 0 Å². The minimum absolute atomic E-state index is 0.0355. The summed E-state index contributed by atoms with van der Waals surface area (Å²) in [4.78, 5) is 38.1. The quantitative estimate of drug-likeness (QED) is 0.785. The van der Waals surface area contributed by atoms with Crippen molar-refractivity contribution in [1.29, 1.82) is 0 Å². The van der Waals surface area contributed by atoms with Gasteiger partial charge < -0.3 is 24.4 Å². The molecule has 0 aromatic heterocycles. The molecular weight excluding hydrogens is 388 g/mol. The van der Waals surface area contributed by atoms with Gasteiger partial charge in [0.25, 0.3) is 5.91 Å². The molecular formula is C22H28N2O6. The van der Waals surface area contributed by atoms with Gasteiger partial charge in [0.15, 0.2) is 12.4 Å². The van der Waals surface area contributed by atoms with Gasteiger partial charge in [-0.25, -0.2) is 0 Å². The normalized spacial score (nSPS) is 22.4.